The lowest BCUT2D eigenvalue weighted by atomic mass is 9.93. The van der Waals surface area contributed by atoms with E-state index in [0.717, 1.165) is 26.1 Å². The first-order valence-electron chi connectivity index (χ1n) is 5.01. The van der Waals surface area contributed by atoms with Gasteiger partial charge in [-0.3, -0.25) is 0 Å². The van der Waals surface area contributed by atoms with Gasteiger partial charge in [-0.2, -0.15) is 0 Å². The molecule has 2 aliphatic rings. The van der Waals surface area contributed by atoms with E-state index in [1.165, 1.54) is 0 Å². The standard InChI is InChI=1S/C9H15BrO3S/c10-9(7-1-3-13-5-7)8-2-4-14(11,12)6-8/h7-9H,1-6H2. The molecule has 3 unspecified atom stereocenters. The highest BCUT2D eigenvalue weighted by Crippen LogP contribution is 2.34. The number of alkyl halides is 1. The van der Waals surface area contributed by atoms with E-state index in [4.69, 9.17) is 4.74 Å². The fraction of sp³-hybridized carbons (Fsp3) is 1.00. The van der Waals surface area contributed by atoms with Gasteiger partial charge in [0.25, 0.3) is 0 Å². The van der Waals surface area contributed by atoms with Crippen LogP contribution in [-0.2, 0) is 14.6 Å². The van der Waals surface area contributed by atoms with Crippen molar-refractivity contribution >= 4 is 25.8 Å². The number of rotatable bonds is 2. The molecule has 0 bridgehead atoms. The zero-order chi connectivity index (χ0) is 10.2. The molecule has 0 aromatic heterocycles. The monoisotopic (exact) mass is 282 g/mol. The van der Waals surface area contributed by atoms with Crippen molar-refractivity contribution in [1.82, 2.24) is 0 Å². The van der Waals surface area contributed by atoms with E-state index in [-0.39, 0.29) is 0 Å². The lowest BCUT2D eigenvalue weighted by Crippen LogP contribution is -2.25. The van der Waals surface area contributed by atoms with Gasteiger partial charge in [0.05, 0.1) is 18.1 Å². The fourth-order valence-corrected chi connectivity index (χ4v) is 5.23. The Labute approximate surface area is 93.3 Å². The van der Waals surface area contributed by atoms with Gasteiger partial charge in [0.2, 0.25) is 0 Å². The Bertz CT molecular complexity index is 295. The predicted octanol–water partition coefficient (Wildman–Crippen LogP) is 1.22. The van der Waals surface area contributed by atoms with E-state index in [1.54, 1.807) is 0 Å². The second kappa shape index (κ2) is 4.10. The van der Waals surface area contributed by atoms with Crippen LogP contribution >= 0.6 is 15.9 Å². The van der Waals surface area contributed by atoms with Crippen molar-refractivity contribution in [3.63, 3.8) is 0 Å². The lowest BCUT2D eigenvalue weighted by Gasteiger charge is -2.21. The van der Waals surface area contributed by atoms with Crippen LogP contribution in [0.25, 0.3) is 0 Å². The average Bonchev–Trinajstić information content (AvgIpc) is 2.72. The largest absolute Gasteiger partial charge is 0.381 e. The molecule has 0 spiro atoms. The maximum absolute atomic E-state index is 11.3. The molecule has 3 nitrogen and oxygen atoms in total. The summed E-state index contributed by atoms with van der Waals surface area (Å²) in [6, 6.07) is 0. The van der Waals surface area contributed by atoms with Gasteiger partial charge in [0, 0.05) is 11.4 Å². The maximum atomic E-state index is 11.3. The van der Waals surface area contributed by atoms with Gasteiger partial charge in [-0.15, -0.1) is 0 Å². The number of halogens is 1. The molecule has 14 heavy (non-hydrogen) atoms. The van der Waals surface area contributed by atoms with Gasteiger partial charge in [0.15, 0.2) is 9.84 Å². The summed E-state index contributed by atoms with van der Waals surface area (Å²) in [5, 5.41) is 0. The topological polar surface area (TPSA) is 43.4 Å². The van der Waals surface area contributed by atoms with E-state index in [1.807, 2.05) is 0 Å². The van der Waals surface area contributed by atoms with Crippen molar-refractivity contribution in [2.45, 2.75) is 17.7 Å². The minimum Gasteiger partial charge on any atom is -0.381 e. The molecule has 0 aromatic carbocycles. The first-order chi connectivity index (χ1) is 6.58. The Balaban J connectivity index is 1.95. The van der Waals surface area contributed by atoms with E-state index in [2.05, 4.69) is 15.9 Å². The summed E-state index contributed by atoms with van der Waals surface area (Å²) in [6.07, 6.45) is 1.88. The predicted molar refractivity (Wildman–Crippen MR) is 58.4 cm³/mol. The van der Waals surface area contributed by atoms with Crippen LogP contribution in [0, 0.1) is 11.8 Å². The van der Waals surface area contributed by atoms with Crippen molar-refractivity contribution in [3.05, 3.63) is 0 Å². The number of sulfone groups is 1. The van der Waals surface area contributed by atoms with Crippen LogP contribution in [-0.4, -0.2) is 38.0 Å². The van der Waals surface area contributed by atoms with Crippen molar-refractivity contribution in [3.8, 4) is 0 Å². The molecular formula is C9H15BrO3S. The Morgan fingerprint density at radius 2 is 2.07 bits per heavy atom. The molecule has 2 saturated heterocycles. The van der Waals surface area contributed by atoms with Crippen LogP contribution in [0.5, 0.6) is 0 Å². The van der Waals surface area contributed by atoms with E-state index in [9.17, 15) is 8.42 Å². The van der Waals surface area contributed by atoms with Crippen LogP contribution in [0.2, 0.25) is 0 Å². The van der Waals surface area contributed by atoms with Crippen molar-refractivity contribution in [1.29, 1.82) is 0 Å². The molecule has 0 saturated carbocycles. The number of ether oxygens (including phenoxy) is 1. The Morgan fingerprint density at radius 3 is 2.57 bits per heavy atom. The summed E-state index contributed by atoms with van der Waals surface area (Å²) in [5.41, 5.74) is 0. The molecule has 0 radical (unpaired) electrons. The molecule has 2 heterocycles. The zero-order valence-corrected chi connectivity index (χ0v) is 10.4. The Morgan fingerprint density at radius 1 is 1.29 bits per heavy atom. The summed E-state index contributed by atoms with van der Waals surface area (Å²) in [6.45, 7) is 1.61. The summed E-state index contributed by atoms with van der Waals surface area (Å²) in [7, 11) is -2.74. The zero-order valence-electron chi connectivity index (χ0n) is 7.99. The third-order valence-corrected chi connectivity index (χ3v) is 6.42. The minimum atomic E-state index is -2.74. The molecule has 0 aromatic rings. The number of hydrogen-bond acceptors (Lipinski definition) is 3. The summed E-state index contributed by atoms with van der Waals surface area (Å²) in [5.74, 6) is 1.53. The molecule has 5 heteroatoms. The van der Waals surface area contributed by atoms with Crippen molar-refractivity contribution in [2.24, 2.45) is 11.8 Å². The molecule has 0 N–H and O–H groups in total. The maximum Gasteiger partial charge on any atom is 0.150 e. The third-order valence-electron chi connectivity index (χ3n) is 3.13. The molecule has 2 fully saturated rings. The van der Waals surface area contributed by atoms with Crippen LogP contribution in [0.15, 0.2) is 0 Å². The molecule has 0 aliphatic carbocycles. The van der Waals surface area contributed by atoms with E-state index < -0.39 is 9.84 Å². The molecule has 2 aliphatic heterocycles. The first-order valence-corrected chi connectivity index (χ1v) is 7.74. The summed E-state index contributed by atoms with van der Waals surface area (Å²) < 4.78 is 27.9. The van der Waals surface area contributed by atoms with Gasteiger partial charge >= 0.3 is 0 Å². The van der Waals surface area contributed by atoms with Crippen molar-refractivity contribution in [2.75, 3.05) is 24.7 Å². The van der Waals surface area contributed by atoms with Crippen molar-refractivity contribution < 1.29 is 13.2 Å². The second-order valence-electron chi connectivity index (χ2n) is 4.23. The molecular weight excluding hydrogens is 268 g/mol. The normalized spacial score (nSPS) is 38.6. The highest BCUT2D eigenvalue weighted by molar-refractivity contribution is 9.09. The minimum absolute atomic E-state index is 0.298. The smallest absolute Gasteiger partial charge is 0.150 e. The Kier molecular flexibility index (Phi) is 3.19. The van der Waals surface area contributed by atoms with Gasteiger partial charge in [0.1, 0.15) is 0 Å². The molecule has 3 atom stereocenters. The molecule has 2 rings (SSSR count). The van der Waals surface area contributed by atoms with Gasteiger partial charge in [-0.25, -0.2) is 8.42 Å². The second-order valence-corrected chi connectivity index (χ2v) is 7.52. The quantitative estimate of drug-likeness (QED) is 0.716. The highest BCUT2D eigenvalue weighted by Gasteiger charge is 2.37. The molecule has 0 amide bonds. The first kappa shape index (κ1) is 10.9. The fourth-order valence-electron chi connectivity index (χ4n) is 2.26. The van der Waals surface area contributed by atoms with Gasteiger partial charge in [-0.05, 0) is 24.7 Å². The number of hydrogen-bond donors (Lipinski definition) is 0. The SMILES string of the molecule is O=S1(=O)CCC(C(Br)C2CCOC2)C1. The van der Waals surface area contributed by atoms with E-state index in [0.29, 0.717) is 28.2 Å². The van der Waals surface area contributed by atoms with Crippen LogP contribution in [0.1, 0.15) is 12.8 Å². The average molecular weight is 283 g/mol. The van der Waals surface area contributed by atoms with Gasteiger partial charge in [-0.1, -0.05) is 15.9 Å². The molecule has 82 valence electrons. The Hall–Kier alpha value is 0.390. The lowest BCUT2D eigenvalue weighted by molar-refractivity contribution is 0.182. The van der Waals surface area contributed by atoms with Crippen LogP contribution in [0.4, 0.5) is 0 Å². The summed E-state index contributed by atoms with van der Waals surface area (Å²) >= 11 is 3.64. The third kappa shape index (κ3) is 2.31. The summed E-state index contributed by atoms with van der Waals surface area (Å²) in [4.78, 5) is 0.322. The van der Waals surface area contributed by atoms with Gasteiger partial charge < -0.3 is 4.74 Å². The van der Waals surface area contributed by atoms with E-state index >= 15 is 0 Å². The highest BCUT2D eigenvalue weighted by atomic mass is 79.9. The van der Waals surface area contributed by atoms with Crippen LogP contribution < -0.4 is 0 Å². The van der Waals surface area contributed by atoms with Crippen LogP contribution in [0.3, 0.4) is 0 Å².